The van der Waals surface area contributed by atoms with Crippen molar-refractivity contribution in [2.24, 2.45) is 0 Å². The summed E-state index contributed by atoms with van der Waals surface area (Å²) in [5, 5.41) is 65.4. The highest BCUT2D eigenvalue weighted by Gasteiger charge is 2.27. The van der Waals surface area contributed by atoms with Crippen LogP contribution in [0.15, 0.2) is 212 Å². The third-order valence-electron chi connectivity index (χ3n) is 20.1. The van der Waals surface area contributed by atoms with E-state index in [0.29, 0.717) is 28.7 Å². The zero-order valence-corrected chi connectivity index (χ0v) is 56.4. The van der Waals surface area contributed by atoms with E-state index in [4.69, 9.17) is 0 Å². The van der Waals surface area contributed by atoms with Gasteiger partial charge in [0.2, 0.25) is 0 Å². The average molecular weight is 1210 g/mol. The second-order valence-electron chi connectivity index (χ2n) is 27.8. The Morgan fingerprint density at radius 1 is 0.297 bits per heavy atom. The number of nitrogens with zero attached hydrogens (tertiary/aromatic N) is 1. The van der Waals surface area contributed by atoms with Crippen LogP contribution >= 0.6 is 0 Å². The second kappa shape index (κ2) is 26.8. The van der Waals surface area contributed by atoms with E-state index in [1.807, 2.05) is 109 Å². The number of fused-ring (bicyclic) bond motifs is 9. The molecule has 0 spiro atoms. The first-order chi connectivity index (χ1) is 43.2. The van der Waals surface area contributed by atoms with Crippen LogP contribution in [-0.2, 0) is 27.2 Å². The van der Waals surface area contributed by atoms with Gasteiger partial charge in [-0.1, -0.05) is 248 Å². The van der Waals surface area contributed by atoms with E-state index in [1.54, 1.807) is 18.2 Å². The highest BCUT2D eigenvalue weighted by molar-refractivity contribution is 6.12. The van der Waals surface area contributed by atoms with Crippen molar-refractivity contribution in [1.29, 1.82) is 0 Å². The molecule has 0 radical (unpaired) electrons. The lowest BCUT2D eigenvalue weighted by atomic mass is 9.77. The number of benzene rings is 12. The SMILES string of the molecule is CCC(C)(C)c1c2ccccc2c(O)c2ccccc12.CCC(C)(C)c1cc(O)c2ccccc2c1.CCC(C)(C)c1ccc2cc3cc(O)ccc3cc2c1.CCC(C)(C)c1cccc2c(O)cccc12.CCC(C)(C)n1c2ccccc2c2c(O)cccc21. The van der Waals surface area contributed by atoms with E-state index in [9.17, 15) is 25.5 Å². The van der Waals surface area contributed by atoms with E-state index in [2.05, 4.69) is 193 Å². The summed E-state index contributed by atoms with van der Waals surface area (Å²) < 4.78 is 2.34. The summed E-state index contributed by atoms with van der Waals surface area (Å²) in [6.45, 7) is 33.5. The van der Waals surface area contributed by atoms with Crippen LogP contribution in [0.3, 0.4) is 0 Å². The Balaban J connectivity index is 0.000000135. The molecule has 0 aliphatic heterocycles. The third-order valence-corrected chi connectivity index (χ3v) is 20.1. The lowest BCUT2D eigenvalue weighted by molar-refractivity contribution is 0.364. The van der Waals surface area contributed by atoms with Gasteiger partial charge >= 0.3 is 0 Å². The number of phenols is 5. The first-order valence-electron chi connectivity index (χ1n) is 32.7. The number of phenolic OH excluding ortho intramolecular Hbond substituents is 5. The Labute approximate surface area is 540 Å². The summed E-state index contributed by atoms with van der Waals surface area (Å²) in [6, 6.07) is 70.9. The molecular formula is C85H95NO5. The summed E-state index contributed by atoms with van der Waals surface area (Å²) in [7, 11) is 0. The van der Waals surface area contributed by atoms with Gasteiger partial charge in [-0.15, -0.1) is 0 Å². The van der Waals surface area contributed by atoms with Crippen molar-refractivity contribution >= 4 is 86.4 Å². The van der Waals surface area contributed by atoms with Crippen LogP contribution in [0.25, 0.3) is 86.4 Å². The van der Waals surface area contributed by atoms with Gasteiger partial charge in [0, 0.05) is 43.4 Å². The molecule has 91 heavy (non-hydrogen) atoms. The Hall–Kier alpha value is -9.00. The summed E-state index contributed by atoms with van der Waals surface area (Å²) in [5.74, 6) is 1.83. The first-order valence-corrected chi connectivity index (χ1v) is 32.7. The molecule has 5 N–H and O–H groups in total. The first kappa shape index (κ1) is 66.4. The van der Waals surface area contributed by atoms with Crippen LogP contribution in [0, 0.1) is 0 Å². The molecule has 470 valence electrons. The zero-order chi connectivity index (χ0) is 65.8. The molecule has 0 aliphatic carbocycles. The molecule has 1 heterocycles. The molecule has 0 fully saturated rings. The standard InChI is InChI=1S/2C19H20O.C17H19NO.2C15H18O/c1-4-19(2,3)17-7-5-13-10-16-12-18(20)8-6-14(16)9-15(13)11-17;1-4-19(2,3)17-13-9-5-7-11-15(13)18(20)16-12-8-6-10-14(16)17;1-4-17(2,3)18-13-9-6-5-8-12(13)16-14(18)10-7-11-15(16)19;1-4-15(2,3)13-9-5-8-12-11(13)7-6-10-14(12)16;1-4-15(2,3)12-9-11-7-5-6-8-13(11)14(16)10-12/h2*5-12,20H,4H2,1-3H3;5-11,19H,4H2,1-3H3;2*5-10,16H,4H2,1-3H3. The predicted octanol–water partition coefficient (Wildman–Crippen LogP) is 23.9. The number of rotatable bonds is 10. The fourth-order valence-corrected chi connectivity index (χ4v) is 12.4. The molecule has 0 saturated heterocycles. The fraction of sp³-hybridized carbons (Fsp3) is 0.294. The van der Waals surface area contributed by atoms with Gasteiger partial charge in [-0.2, -0.15) is 0 Å². The van der Waals surface area contributed by atoms with Gasteiger partial charge in [0.1, 0.15) is 28.7 Å². The molecule has 0 saturated carbocycles. The molecule has 12 aromatic carbocycles. The van der Waals surface area contributed by atoms with Crippen LogP contribution in [0.4, 0.5) is 0 Å². The Kier molecular flexibility index (Phi) is 19.6. The summed E-state index contributed by atoms with van der Waals surface area (Å²) >= 11 is 0. The minimum absolute atomic E-state index is 0.0230. The molecular weight excluding hydrogens is 1110 g/mol. The molecule has 6 nitrogen and oxygen atoms in total. The number of para-hydroxylation sites is 1. The van der Waals surface area contributed by atoms with E-state index < -0.39 is 0 Å². The smallest absolute Gasteiger partial charge is 0.131 e. The molecule has 0 amide bonds. The van der Waals surface area contributed by atoms with Crippen molar-refractivity contribution < 1.29 is 25.5 Å². The van der Waals surface area contributed by atoms with Gasteiger partial charge in [0.15, 0.2) is 0 Å². The maximum Gasteiger partial charge on any atom is 0.131 e. The molecule has 0 atom stereocenters. The van der Waals surface area contributed by atoms with Crippen molar-refractivity contribution in [3.05, 3.63) is 235 Å². The highest BCUT2D eigenvalue weighted by Crippen LogP contribution is 2.45. The summed E-state index contributed by atoms with van der Waals surface area (Å²) in [5.41, 5.74) is 8.08. The van der Waals surface area contributed by atoms with Crippen molar-refractivity contribution in [3.63, 3.8) is 0 Å². The quantitative estimate of drug-likeness (QED) is 0.0878. The van der Waals surface area contributed by atoms with Crippen molar-refractivity contribution in [3.8, 4) is 28.7 Å². The van der Waals surface area contributed by atoms with Crippen LogP contribution in [-0.4, -0.2) is 30.1 Å². The van der Waals surface area contributed by atoms with Crippen LogP contribution in [0.1, 0.15) is 158 Å². The van der Waals surface area contributed by atoms with Crippen LogP contribution < -0.4 is 0 Å². The highest BCUT2D eigenvalue weighted by atomic mass is 16.3. The normalized spacial score (nSPS) is 12.1. The van der Waals surface area contributed by atoms with Gasteiger partial charge in [0.05, 0.1) is 5.52 Å². The third kappa shape index (κ3) is 13.7. The van der Waals surface area contributed by atoms with E-state index in [1.165, 1.54) is 43.9 Å². The molecule has 13 rings (SSSR count). The van der Waals surface area contributed by atoms with Gasteiger partial charge in [-0.3, -0.25) is 0 Å². The van der Waals surface area contributed by atoms with Crippen molar-refractivity contribution in [2.75, 3.05) is 0 Å². The van der Waals surface area contributed by atoms with Crippen molar-refractivity contribution in [2.45, 2.75) is 163 Å². The van der Waals surface area contributed by atoms with E-state index in [-0.39, 0.29) is 27.2 Å². The van der Waals surface area contributed by atoms with Gasteiger partial charge in [-0.25, -0.2) is 0 Å². The molecule has 6 heteroatoms. The zero-order valence-electron chi connectivity index (χ0n) is 56.4. The molecule has 13 aromatic rings. The Bertz CT molecular complexity index is 4670. The number of hydrogen-bond donors (Lipinski definition) is 5. The van der Waals surface area contributed by atoms with Crippen LogP contribution in [0.2, 0.25) is 0 Å². The monoisotopic (exact) mass is 1210 g/mol. The average Bonchev–Trinajstić information content (AvgIpc) is 1.75. The van der Waals surface area contributed by atoms with Gasteiger partial charge in [-0.05, 0) is 188 Å². The number of aromatic nitrogens is 1. The minimum atomic E-state index is 0.0230. The second-order valence-corrected chi connectivity index (χ2v) is 27.8. The fourth-order valence-electron chi connectivity index (χ4n) is 12.4. The molecule has 1 aromatic heterocycles. The van der Waals surface area contributed by atoms with E-state index >= 15 is 0 Å². The summed E-state index contributed by atoms with van der Waals surface area (Å²) in [6.07, 6.45) is 5.37. The number of hydrogen-bond acceptors (Lipinski definition) is 5. The maximum atomic E-state index is 10.6. The van der Waals surface area contributed by atoms with Crippen LogP contribution in [0.5, 0.6) is 28.7 Å². The molecule has 0 aliphatic rings. The van der Waals surface area contributed by atoms with Gasteiger partial charge in [0.25, 0.3) is 0 Å². The Morgan fingerprint density at radius 3 is 1.36 bits per heavy atom. The molecule has 0 unspecified atom stereocenters. The van der Waals surface area contributed by atoms with E-state index in [0.717, 1.165) is 96.9 Å². The lowest BCUT2D eigenvalue weighted by Crippen LogP contribution is -2.24. The van der Waals surface area contributed by atoms with Crippen molar-refractivity contribution in [1.82, 2.24) is 4.57 Å². The summed E-state index contributed by atoms with van der Waals surface area (Å²) in [4.78, 5) is 0. The van der Waals surface area contributed by atoms with Gasteiger partial charge < -0.3 is 30.1 Å². The largest absolute Gasteiger partial charge is 0.508 e. The topological polar surface area (TPSA) is 106 Å². The predicted molar refractivity (Wildman–Crippen MR) is 391 cm³/mol. The number of aromatic hydroxyl groups is 5. The molecule has 0 bridgehead atoms. The Morgan fingerprint density at radius 2 is 0.758 bits per heavy atom. The lowest BCUT2D eigenvalue weighted by Gasteiger charge is -2.27. The minimum Gasteiger partial charge on any atom is -0.508 e. The maximum absolute atomic E-state index is 10.6.